The molecule has 25 heavy (non-hydrogen) atoms. The molecule has 2 fully saturated rings. The largest absolute Gasteiger partial charge is 0.378 e. The standard InChI is InChI=1S/C16H23N3O4S.ClH/c20-16(19-8-10-23-11-9-19)13-3-5-15(6-4-13)24(21,22)18-14-2-1-7-17-12-14;/h3-6,14,17-18H,1-2,7-12H2;1H. The lowest BCUT2D eigenvalue weighted by Gasteiger charge is -2.27. The zero-order chi connectivity index (χ0) is 17.0. The average Bonchev–Trinajstić information content (AvgIpc) is 2.62. The van der Waals surface area contributed by atoms with Crippen molar-refractivity contribution in [3.63, 3.8) is 0 Å². The minimum atomic E-state index is -3.56. The summed E-state index contributed by atoms with van der Waals surface area (Å²) in [6.07, 6.45) is 1.79. The van der Waals surface area contributed by atoms with Crippen LogP contribution in [0.15, 0.2) is 29.2 Å². The maximum atomic E-state index is 12.4. The number of piperidine rings is 1. The van der Waals surface area contributed by atoms with Crippen LogP contribution < -0.4 is 10.0 Å². The molecule has 0 aliphatic carbocycles. The summed E-state index contributed by atoms with van der Waals surface area (Å²) in [4.78, 5) is 14.3. The number of carbonyl (C=O) groups excluding carboxylic acids is 1. The molecule has 3 rings (SSSR count). The molecule has 140 valence electrons. The van der Waals surface area contributed by atoms with Gasteiger partial charge in [0.15, 0.2) is 0 Å². The molecule has 1 aromatic carbocycles. The van der Waals surface area contributed by atoms with Crippen LogP contribution in [0.25, 0.3) is 0 Å². The molecule has 7 nitrogen and oxygen atoms in total. The van der Waals surface area contributed by atoms with E-state index in [0.717, 1.165) is 19.4 Å². The maximum absolute atomic E-state index is 12.4. The van der Waals surface area contributed by atoms with Gasteiger partial charge < -0.3 is 15.0 Å². The first-order valence-corrected chi connectivity index (χ1v) is 9.75. The molecule has 2 aliphatic rings. The van der Waals surface area contributed by atoms with Gasteiger partial charge in [-0.3, -0.25) is 4.79 Å². The number of amides is 1. The van der Waals surface area contributed by atoms with Crippen LogP contribution in [0.5, 0.6) is 0 Å². The van der Waals surface area contributed by atoms with Crippen LogP contribution in [0.3, 0.4) is 0 Å². The van der Waals surface area contributed by atoms with Crippen molar-refractivity contribution in [1.29, 1.82) is 0 Å². The van der Waals surface area contributed by atoms with Crippen molar-refractivity contribution in [3.8, 4) is 0 Å². The molecule has 2 heterocycles. The van der Waals surface area contributed by atoms with Crippen molar-refractivity contribution in [1.82, 2.24) is 14.9 Å². The summed E-state index contributed by atoms with van der Waals surface area (Å²) in [5.41, 5.74) is 0.496. The number of nitrogens with one attached hydrogen (secondary N) is 2. The lowest BCUT2D eigenvalue weighted by Crippen LogP contribution is -2.45. The first-order valence-electron chi connectivity index (χ1n) is 8.26. The predicted octanol–water partition coefficient (Wildman–Crippen LogP) is 0.611. The zero-order valence-corrected chi connectivity index (χ0v) is 15.6. The summed E-state index contributed by atoms with van der Waals surface area (Å²) in [7, 11) is -3.56. The third-order valence-electron chi connectivity index (χ3n) is 4.33. The second-order valence-corrected chi connectivity index (χ2v) is 7.81. The van der Waals surface area contributed by atoms with Gasteiger partial charge in [-0.15, -0.1) is 12.4 Å². The number of hydrogen-bond acceptors (Lipinski definition) is 5. The summed E-state index contributed by atoms with van der Waals surface area (Å²) < 4.78 is 32.8. The molecule has 1 aromatic rings. The lowest BCUT2D eigenvalue weighted by atomic mass is 10.1. The second-order valence-electron chi connectivity index (χ2n) is 6.09. The topological polar surface area (TPSA) is 87.7 Å². The highest BCUT2D eigenvalue weighted by Gasteiger charge is 2.23. The molecular formula is C16H24ClN3O4S. The molecule has 0 radical (unpaired) electrons. The molecule has 1 amide bonds. The van der Waals surface area contributed by atoms with Crippen molar-refractivity contribution in [2.45, 2.75) is 23.8 Å². The normalized spacial score (nSPS) is 21.4. The number of hydrogen-bond donors (Lipinski definition) is 2. The molecular weight excluding hydrogens is 366 g/mol. The van der Waals surface area contributed by atoms with Gasteiger partial charge in [0, 0.05) is 31.2 Å². The van der Waals surface area contributed by atoms with Gasteiger partial charge in [-0.1, -0.05) is 0 Å². The molecule has 1 unspecified atom stereocenters. The number of carbonyl (C=O) groups is 1. The highest BCUT2D eigenvalue weighted by atomic mass is 35.5. The van der Waals surface area contributed by atoms with Gasteiger partial charge >= 0.3 is 0 Å². The smallest absolute Gasteiger partial charge is 0.254 e. The third kappa shape index (κ3) is 5.15. The van der Waals surface area contributed by atoms with Gasteiger partial charge in [-0.25, -0.2) is 13.1 Å². The van der Waals surface area contributed by atoms with E-state index in [9.17, 15) is 13.2 Å². The quantitative estimate of drug-likeness (QED) is 0.787. The van der Waals surface area contributed by atoms with E-state index in [-0.39, 0.29) is 29.3 Å². The van der Waals surface area contributed by atoms with E-state index in [1.54, 1.807) is 17.0 Å². The molecule has 0 aromatic heterocycles. The van der Waals surface area contributed by atoms with Crippen LogP contribution in [0.4, 0.5) is 0 Å². The van der Waals surface area contributed by atoms with Gasteiger partial charge in [0.2, 0.25) is 10.0 Å². The fourth-order valence-electron chi connectivity index (χ4n) is 2.97. The van der Waals surface area contributed by atoms with Crippen molar-refractivity contribution in [3.05, 3.63) is 29.8 Å². The number of ether oxygens (including phenoxy) is 1. The molecule has 9 heteroatoms. The van der Waals surface area contributed by atoms with Crippen molar-refractivity contribution in [2.24, 2.45) is 0 Å². The van der Waals surface area contributed by atoms with E-state index in [1.807, 2.05) is 0 Å². The van der Waals surface area contributed by atoms with E-state index in [0.29, 0.717) is 38.4 Å². The Morgan fingerprint density at radius 2 is 1.88 bits per heavy atom. The number of rotatable bonds is 4. The molecule has 2 aliphatic heterocycles. The Morgan fingerprint density at radius 1 is 1.20 bits per heavy atom. The summed E-state index contributed by atoms with van der Waals surface area (Å²) in [5, 5.41) is 3.18. The summed E-state index contributed by atoms with van der Waals surface area (Å²) in [5.74, 6) is -0.0910. The van der Waals surface area contributed by atoms with E-state index in [4.69, 9.17) is 4.74 Å². The van der Waals surface area contributed by atoms with Crippen LogP contribution in [-0.2, 0) is 14.8 Å². The SMILES string of the molecule is Cl.O=C(c1ccc(S(=O)(=O)NC2CCCNC2)cc1)N1CCOCC1. The van der Waals surface area contributed by atoms with Gasteiger partial charge in [0.05, 0.1) is 18.1 Å². The number of sulfonamides is 1. The van der Waals surface area contributed by atoms with E-state index in [2.05, 4.69) is 10.0 Å². The molecule has 2 N–H and O–H groups in total. The van der Waals surface area contributed by atoms with E-state index >= 15 is 0 Å². The Morgan fingerprint density at radius 3 is 2.48 bits per heavy atom. The summed E-state index contributed by atoms with van der Waals surface area (Å²) >= 11 is 0. The van der Waals surface area contributed by atoms with Crippen LogP contribution in [0.2, 0.25) is 0 Å². The molecule has 2 saturated heterocycles. The van der Waals surface area contributed by atoms with Gasteiger partial charge in [0.1, 0.15) is 0 Å². The van der Waals surface area contributed by atoms with Crippen molar-refractivity contribution in [2.75, 3.05) is 39.4 Å². The minimum absolute atomic E-state index is 0. The van der Waals surface area contributed by atoms with Crippen LogP contribution in [-0.4, -0.2) is 64.7 Å². The van der Waals surface area contributed by atoms with Crippen LogP contribution >= 0.6 is 12.4 Å². The van der Waals surface area contributed by atoms with E-state index in [1.165, 1.54) is 12.1 Å². The van der Waals surface area contributed by atoms with Gasteiger partial charge in [-0.2, -0.15) is 0 Å². The van der Waals surface area contributed by atoms with Crippen molar-refractivity contribution < 1.29 is 17.9 Å². The predicted molar refractivity (Wildman–Crippen MR) is 96.6 cm³/mol. The zero-order valence-electron chi connectivity index (χ0n) is 13.9. The van der Waals surface area contributed by atoms with Gasteiger partial charge in [-0.05, 0) is 43.7 Å². The van der Waals surface area contributed by atoms with E-state index < -0.39 is 10.0 Å². The Kier molecular flexibility index (Phi) is 7.21. The maximum Gasteiger partial charge on any atom is 0.254 e. The monoisotopic (exact) mass is 389 g/mol. The molecule has 0 saturated carbocycles. The molecule has 1 atom stereocenters. The Balaban J connectivity index is 0.00000225. The van der Waals surface area contributed by atoms with Crippen molar-refractivity contribution >= 4 is 28.3 Å². The highest BCUT2D eigenvalue weighted by molar-refractivity contribution is 7.89. The second kappa shape index (κ2) is 8.95. The summed E-state index contributed by atoms with van der Waals surface area (Å²) in [6.45, 7) is 3.78. The Hall–Kier alpha value is -1.19. The van der Waals surface area contributed by atoms with Gasteiger partial charge in [0.25, 0.3) is 5.91 Å². The molecule has 0 bridgehead atoms. The highest BCUT2D eigenvalue weighted by Crippen LogP contribution is 2.15. The number of morpholine rings is 1. The first-order chi connectivity index (χ1) is 11.6. The first kappa shape index (κ1) is 20.1. The number of nitrogens with zero attached hydrogens (tertiary/aromatic N) is 1. The number of benzene rings is 1. The lowest BCUT2D eigenvalue weighted by molar-refractivity contribution is 0.0303. The van der Waals surface area contributed by atoms with Crippen LogP contribution in [0.1, 0.15) is 23.2 Å². The average molecular weight is 390 g/mol. The Bertz CT molecular complexity index is 669. The fourth-order valence-corrected chi connectivity index (χ4v) is 4.24. The summed E-state index contributed by atoms with van der Waals surface area (Å²) in [6, 6.07) is 6.05. The third-order valence-corrected chi connectivity index (χ3v) is 5.86. The number of halogens is 1. The molecule has 0 spiro atoms. The Labute approximate surface area is 154 Å². The van der Waals surface area contributed by atoms with Crippen LogP contribution in [0, 0.1) is 0 Å². The fraction of sp³-hybridized carbons (Fsp3) is 0.562. The minimum Gasteiger partial charge on any atom is -0.378 e.